The van der Waals surface area contributed by atoms with Crippen LogP contribution in [0.25, 0.3) is 0 Å². The van der Waals surface area contributed by atoms with Crippen LogP contribution in [-0.4, -0.2) is 30.5 Å². The third-order valence-electron chi connectivity index (χ3n) is 2.69. The quantitative estimate of drug-likeness (QED) is 0.786. The lowest BCUT2D eigenvalue weighted by Crippen LogP contribution is -2.41. The summed E-state index contributed by atoms with van der Waals surface area (Å²) in [6.07, 6.45) is 5.41. The molecule has 2 N–H and O–H groups in total. The van der Waals surface area contributed by atoms with E-state index >= 15 is 0 Å². The van der Waals surface area contributed by atoms with Crippen molar-refractivity contribution in [2.45, 2.75) is 25.9 Å². The maximum Gasteiger partial charge on any atom is 0.240 e. The number of amides is 1. The fraction of sp³-hybridized carbons (Fsp3) is 0.400. The third kappa shape index (κ3) is 4.65. The van der Waals surface area contributed by atoms with Crippen molar-refractivity contribution in [1.29, 1.82) is 0 Å². The average molecular weight is 260 g/mol. The maximum absolute atomic E-state index is 11.9. The van der Waals surface area contributed by atoms with Crippen LogP contribution in [0.3, 0.4) is 0 Å². The minimum Gasteiger partial charge on any atom is -0.494 e. The van der Waals surface area contributed by atoms with Gasteiger partial charge < -0.3 is 15.4 Å². The molecular formula is C15H20N2O2. The number of rotatable bonds is 6. The molecule has 102 valence electrons. The topological polar surface area (TPSA) is 55.6 Å². The number of benzene rings is 1. The van der Waals surface area contributed by atoms with Gasteiger partial charge in [0.25, 0.3) is 0 Å². The molecule has 1 aromatic rings. The van der Waals surface area contributed by atoms with Crippen LogP contribution >= 0.6 is 0 Å². The lowest BCUT2D eigenvalue weighted by atomic mass is 10.1. The van der Waals surface area contributed by atoms with E-state index in [1.165, 1.54) is 0 Å². The van der Waals surface area contributed by atoms with Gasteiger partial charge in [-0.15, -0.1) is 12.3 Å². The van der Waals surface area contributed by atoms with Gasteiger partial charge in [0.05, 0.1) is 12.6 Å². The number of hydrogen-bond acceptors (Lipinski definition) is 3. The first-order chi connectivity index (χ1) is 9.08. The van der Waals surface area contributed by atoms with E-state index in [1.54, 1.807) is 11.9 Å². The summed E-state index contributed by atoms with van der Waals surface area (Å²) in [4.78, 5) is 13.5. The van der Waals surface area contributed by atoms with Crippen molar-refractivity contribution < 1.29 is 9.53 Å². The van der Waals surface area contributed by atoms with E-state index in [1.807, 2.05) is 31.2 Å². The summed E-state index contributed by atoms with van der Waals surface area (Å²) >= 11 is 0. The molecule has 0 spiro atoms. The molecule has 1 rings (SSSR count). The van der Waals surface area contributed by atoms with Crippen LogP contribution in [0.5, 0.6) is 5.75 Å². The molecule has 0 bridgehead atoms. The zero-order chi connectivity index (χ0) is 14.3. The van der Waals surface area contributed by atoms with Gasteiger partial charge in [-0.25, -0.2) is 0 Å². The lowest BCUT2D eigenvalue weighted by molar-refractivity contribution is -0.131. The van der Waals surface area contributed by atoms with Gasteiger partial charge in [0.15, 0.2) is 0 Å². The van der Waals surface area contributed by atoms with Crippen LogP contribution in [0.15, 0.2) is 24.3 Å². The van der Waals surface area contributed by atoms with Crippen molar-refractivity contribution in [2.24, 2.45) is 5.73 Å². The number of ether oxygens (including phenoxy) is 1. The summed E-state index contributed by atoms with van der Waals surface area (Å²) in [5.74, 6) is 3.08. The first kappa shape index (κ1) is 15.1. The molecule has 0 aromatic heterocycles. The van der Waals surface area contributed by atoms with E-state index in [0.29, 0.717) is 13.2 Å². The average Bonchev–Trinajstić information content (AvgIpc) is 2.40. The molecule has 0 radical (unpaired) electrons. The highest BCUT2D eigenvalue weighted by Crippen LogP contribution is 2.13. The van der Waals surface area contributed by atoms with Crippen molar-refractivity contribution in [1.82, 2.24) is 4.90 Å². The number of nitrogens with zero attached hydrogens (tertiary/aromatic N) is 1. The molecule has 0 fully saturated rings. The second kappa shape index (κ2) is 7.45. The Morgan fingerprint density at radius 1 is 1.47 bits per heavy atom. The molecule has 19 heavy (non-hydrogen) atoms. The van der Waals surface area contributed by atoms with Gasteiger partial charge in [0, 0.05) is 20.0 Å². The van der Waals surface area contributed by atoms with Crippen LogP contribution in [0.4, 0.5) is 0 Å². The van der Waals surface area contributed by atoms with Gasteiger partial charge in [-0.3, -0.25) is 4.79 Å². The molecule has 0 saturated heterocycles. The summed E-state index contributed by atoms with van der Waals surface area (Å²) < 4.78 is 5.36. The van der Waals surface area contributed by atoms with E-state index in [0.717, 1.165) is 11.3 Å². The highest BCUT2D eigenvalue weighted by atomic mass is 16.5. The summed E-state index contributed by atoms with van der Waals surface area (Å²) in [7, 11) is 1.72. The van der Waals surface area contributed by atoms with Crippen molar-refractivity contribution in [2.75, 3.05) is 13.7 Å². The standard InChI is InChI=1S/C15H20N2O2/c1-4-6-14(16)15(18)17(3)11-12-7-9-13(10-8-12)19-5-2/h1,7-10,14H,5-6,11,16H2,2-3H3. The summed E-state index contributed by atoms with van der Waals surface area (Å²) in [6.45, 7) is 3.08. The molecule has 4 heteroatoms. The van der Waals surface area contributed by atoms with Crippen LogP contribution in [-0.2, 0) is 11.3 Å². The SMILES string of the molecule is C#CCC(N)C(=O)N(C)Cc1ccc(OCC)cc1. The van der Waals surface area contributed by atoms with E-state index < -0.39 is 6.04 Å². The van der Waals surface area contributed by atoms with Gasteiger partial charge in [0.2, 0.25) is 5.91 Å². The Morgan fingerprint density at radius 3 is 2.63 bits per heavy atom. The summed E-state index contributed by atoms with van der Waals surface area (Å²) in [5, 5.41) is 0. The molecule has 0 heterocycles. The molecule has 1 aromatic carbocycles. The number of carbonyl (C=O) groups is 1. The Hall–Kier alpha value is -1.99. The van der Waals surface area contributed by atoms with E-state index in [-0.39, 0.29) is 12.3 Å². The third-order valence-corrected chi connectivity index (χ3v) is 2.69. The fourth-order valence-corrected chi connectivity index (χ4v) is 1.71. The Kier molecular flexibility index (Phi) is 5.91. The molecule has 0 aliphatic heterocycles. The first-order valence-corrected chi connectivity index (χ1v) is 6.24. The van der Waals surface area contributed by atoms with Gasteiger partial charge in [-0.2, -0.15) is 0 Å². The van der Waals surface area contributed by atoms with E-state index in [4.69, 9.17) is 16.9 Å². The fourth-order valence-electron chi connectivity index (χ4n) is 1.71. The van der Waals surface area contributed by atoms with Crippen molar-refractivity contribution in [3.05, 3.63) is 29.8 Å². The first-order valence-electron chi connectivity index (χ1n) is 6.24. The molecule has 1 unspecified atom stereocenters. The largest absolute Gasteiger partial charge is 0.494 e. The monoisotopic (exact) mass is 260 g/mol. The molecule has 0 saturated carbocycles. The Morgan fingerprint density at radius 2 is 2.11 bits per heavy atom. The number of likely N-dealkylation sites (N-methyl/N-ethyl adjacent to an activating group) is 1. The number of nitrogens with two attached hydrogens (primary N) is 1. The van der Waals surface area contributed by atoms with E-state index in [2.05, 4.69) is 5.92 Å². The molecule has 1 atom stereocenters. The minimum absolute atomic E-state index is 0.146. The van der Waals surface area contributed by atoms with Gasteiger partial charge >= 0.3 is 0 Å². The number of carbonyl (C=O) groups excluding carboxylic acids is 1. The van der Waals surface area contributed by atoms with Gasteiger partial charge in [-0.05, 0) is 24.6 Å². The Bertz CT molecular complexity index is 448. The van der Waals surface area contributed by atoms with Crippen molar-refractivity contribution >= 4 is 5.91 Å². The molecule has 0 aliphatic carbocycles. The maximum atomic E-state index is 11.9. The normalized spacial score (nSPS) is 11.5. The number of terminal acetylenes is 1. The molecular weight excluding hydrogens is 240 g/mol. The molecule has 0 aliphatic rings. The van der Waals surface area contributed by atoms with Crippen LogP contribution in [0, 0.1) is 12.3 Å². The zero-order valence-corrected chi connectivity index (χ0v) is 11.4. The van der Waals surface area contributed by atoms with Crippen molar-refractivity contribution in [3.63, 3.8) is 0 Å². The lowest BCUT2D eigenvalue weighted by Gasteiger charge is -2.20. The predicted octanol–water partition coefficient (Wildman–Crippen LogP) is 1.39. The Labute approximate surface area is 114 Å². The van der Waals surface area contributed by atoms with Crippen LogP contribution in [0.2, 0.25) is 0 Å². The molecule has 1 amide bonds. The van der Waals surface area contributed by atoms with Gasteiger partial charge in [0.1, 0.15) is 5.75 Å². The van der Waals surface area contributed by atoms with Gasteiger partial charge in [-0.1, -0.05) is 12.1 Å². The second-order valence-corrected chi connectivity index (χ2v) is 4.29. The predicted molar refractivity (Wildman–Crippen MR) is 75.5 cm³/mol. The summed E-state index contributed by atoms with van der Waals surface area (Å²) in [6, 6.07) is 7.01. The highest BCUT2D eigenvalue weighted by Gasteiger charge is 2.16. The highest BCUT2D eigenvalue weighted by molar-refractivity contribution is 5.81. The molecule has 4 nitrogen and oxygen atoms in total. The smallest absolute Gasteiger partial charge is 0.240 e. The van der Waals surface area contributed by atoms with E-state index in [9.17, 15) is 4.79 Å². The minimum atomic E-state index is -0.627. The van der Waals surface area contributed by atoms with Crippen LogP contribution in [0.1, 0.15) is 18.9 Å². The zero-order valence-electron chi connectivity index (χ0n) is 11.4. The van der Waals surface area contributed by atoms with Crippen molar-refractivity contribution in [3.8, 4) is 18.1 Å². The summed E-state index contributed by atoms with van der Waals surface area (Å²) in [5.41, 5.74) is 6.71. The second-order valence-electron chi connectivity index (χ2n) is 4.29. The van der Waals surface area contributed by atoms with Crippen LogP contribution < -0.4 is 10.5 Å². The number of hydrogen-bond donors (Lipinski definition) is 1. The Balaban J connectivity index is 2.59.